The molecule has 1 aliphatic heterocycles. The minimum atomic E-state index is 0. The Morgan fingerprint density at radius 2 is 1.88 bits per heavy atom. The third-order valence-electron chi connectivity index (χ3n) is 6.51. The summed E-state index contributed by atoms with van der Waals surface area (Å²) in [6.45, 7) is 5.97. The highest BCUT2D eigenvalue weighted by Gasteiger charge is 2.31. The quantitative estimate of drug-likeness (QED) is 0.305. The topological polar surface area (TPSA) is 74.6 Å². The molecule has 1 unspecified atom stereocenters. The minimum Gasteiger partial charge on any atom is -0.357 e. The van der Waals surface area contributed by atoms with Crippen LogP contribution >= 0.6 is 24.0 Å². The van der Waals surface area contributed by atoms with E-state index in [0.717, 1.165) is 51.4 Å². The molecule has 1 aromatic carbocycles. The van der Waals surface area contributed by atoms with E-state index in [-0.39, 0.29) is 35.9 Å². The van der Waals surface area contributed by atoms with Gasteiger partial charge in [-0.1, -0.05) is 43.5 Å². The molecule has 4 rings (SSSR count). The van der Waals surface area contributed by atoms with Gasteiger partial charge in [0, 0.05) is 50.5 Å². The average molecular weight is 565 g/mol. The summed E-state index contributed by atoms with van der Waals surface area (Å²) in [7, 11) is 0. The number of hydrogen-bond acceptors (Lipinski definition) is 3. The molecular formula is C25H37IN6O. The number of carbonyl (C=O) groups excluding carboxylic acids is 1. The zero-order chi connectivity index (χ0) is 22.2. The highest BCUT2D eigenvalue weighted by Crippen LogP contribution is 2.26. The fourth-order valence-electron chi connectivity index (χ4n) is 4.71. The molecule has 0 bridgehead atoms. The molecule has 33 heavy (non-hydrogen) atoms. The van der Waals surface area contributed by atoms with E-state index in [1.807, 2.05) is 12.5 Å². The predicted octanol–water partition coefficient (Wildman–Crippen LogP) is 3.79. The molecule has 0 spiro atoms. The smallest absolute Gasteiger partial charge is 0.225 e. The number of hydrogen-bond donors (Lipinski definition) is 2. The van der Waals surface area contributed by atoms with Crippen molar-refractivity contribution >= 4 is 35.8 Å². The number of amides is 1. The third-order valence-corrected chi connectivity index (χ3v) is 6.51. The van der Waals surface area contributed by atoms with E-state index in [2.05, 4.69) is 56.3 Å². The van der Waals surface area contributed by atoms with Gasteiger partial charge in [-0.2, -0.15) is 0 Å². The first kappa shape index (κ1) is 25.5. The van der Waals surface area contributed by atoms with E-state index in [1.165, 1.54) is 30.4 Å². The van der Waals surface area contributed by atoms with Gasteiger partial charge in [0.2, 0.25) is 5.91 Å². The first-order chi connectivity index (χ1) is 15.7. The Kier molecular flexibility index (Phi) is 10.0. The van der Waals surface area contributed by atoms with Crippen molar-refractivity contribution in [1.29, 1.82) is 0 Å². The van der Waals surface area contributed by atoms with Crippen molar-refractivity contribution < 1.29 is 4.79 Å². The van der Waals surface area contributed by atoms with Gasteiger partial charge in [0.05, 0.1) is 12.9 Å². The molecule has 0 radical (unpaired) electrons. The summed E-state index contributed by atoms with van der Waals surface area (Å²) in [4.78, 5) is 23.8. The lowest BCUT2D eigenvalue weighted by Crippen LogP contribution is -2.45. The Labute approximate surface area is 214 Å². The summed E-state index contributed by atoms with van der Waals surface area (Å²) >= 11 is 0. The number of benzene rings is 1. The van der Waals surface area contributed by atoms with Crippen LogP contribution in [0.5, 0.6) is 0 Å². The van der Waals surface area contributed by atoms with Gasteiger partial charge in [-0.05, 0) is 37.3 Å². The second-order valence-corrected chi connectivity index (χ2v) is 9.00. The first-order valence-electron chi connectivity index (χ1n) is 12.1. The molecule has 1 saturated heterocycles. The Balaban J connectivity index is 0.00000306. The number of likely N-dealkylation sites (tertiary alicyclic amines) is 1. The maximum absolute atomic E-state index is 12.8. The molecule has 2 aromatic rings. The number of carbonyl (C=O) groups is 1. The van der Waals surface area contributed by atoms with E-state index in [4.69, 9.17) is 4.99 Å². The number of aliphatic imine (C=N–C) groups is 1. The van der Waals surface area contributed by atoms with E-state index >= 15 is 0 Å². The summed E-state index contributed by atoms with van der Waals surface area (Å²) in [5.41, 5.74) is 2.42. The van der Waals surface area contributed by atoms with Gasteiger partial charge >= 0.3 is 0 Å². The van der Waals surface area contributed by atoms with E-state index < -0.39 is 0 Å². The number of halogens is 1. The van der Waals surface area contributed by atoms with E-state index in [9.17, 15) is 4.79 Å². The zero-order valence-corrected chi connectivity index (χ0v) is 21.9. The Bertz CT molecular complexity index is 877. The zero-order valence-electron chi connectivity index (χ0n) is 19.6. The van der Waals surface area contributed by atoms with Crippen LogP contribution in [0.4, 0.5) is 0 Å². The molecule has 8 heteroatoms. The third kappa shape index (κ3) is 7.45. The lowest BCUT2D eigenvalue weighted by atomic mass is 9.88. The van der Waals surface area contributed by atoms with Crippen molar-refractivity contribution in [2.75, 3.05) is 19.6 Å². The summed E-state index contributed by atoms with van der Waals surface area (Å²) in [5.74, 6) is 1.44. The number of imidazole rings is 1. The Hall–Kier alpha value is -2.10. The summed E-state index contributed by atoms with van der Waals surface area (Å²) in [6.07, 6.45) is 12.4. The first-order valence-corrected chi connectivity index (χ1v) is 12.1. The fraction of sp³-hybridized carbons (Fsp3) is 0.560. The highest BCUT2D eigenvalue weighted by atomic mass is 127. The van der Waals surface area contributed by atoms with Crippen molar-refractivity contribution in [2.45, 2.75) is 64.6 Å². The van der Waals surface area contributed by atoms with E-state index in [1.54, 1.807) is 6.20 Å². The molecule has 1 aromatic heterocycles. The normalized spacial score (nSPS) is 19.2. The monoisotopic (exact) mass is 564 g/mol. The fourth-order valence-corrected chi connectivity index (χ4v) is 4.71. The second-order valence-electron chi connectivity index (χ2n) is 9.00. The van der Waals surface area contributed by atoms with Gasteiger partial charge in [0.1, 0.15) is 0 Å². The van der Waals surface area contributed by atoms with Crippen molar-refractivity contribution in [1.82, 2.24) is 25.1 Å². The van der Waals surface area contributed by atoms with E-state index in [0.29, 0.717) is 12.5 Å². The lowest BCUT2D eigenvalue weighted by Gasteiger charge is -2.26. The Morgan fingerprint density at radius 1 is 1.12 bits per heavy atom. The molecule has 180 valence electrons. The molecule has 2 N–H and O–H groups in total. The van der Waals surface area contributed by atoms with Gasteiger partial charge in [-0.3, -0.25) is 4.79 Å². The van der Waals surface area contributed by atoms with Crippen molar-refractivity contribution in [3.05, 3.63) is 54.1 Å². The van der Waals surface area contributed by atoms with Crippen LogP contribution in [0.3, 0.4) is 0 Å². The van der Waals surface area contributed by atoms with Gasteiger partial charge < -0.3 is 20.1 Å². The van der Waals surface area contributed by atoms with Crippen LogP contribution in [-0.4, -0.2) is 52.0 Å². The summed E-state index contributed by atoms with van der Waals surface area (Å²) < 4.78 is 2.06. The molecule has 1 saturated carbocycles. The van der Waals surface area contributed by atoms with Gasteiger partial charge in [-0.25, -0.2) is 9.98 Å². The van der Waals surface area contributed by atoms with Crippen LogP contribution in [0.2, 0.25) is 0 Å². The molecule has 2 heterocycles. The largest absolute Gasteiger partial charge is 0.357 e. The van der Waals surface area contributed by atoms with Crippen molar-refractivity contribution in [2.24, 2.45) is 10.9 Å². The number of rotatable bonds is 7. The number of guanidine groups is 1. The minimum absolute atomic E-state index is 0. The van der Waals surface area contributed by atoms with Crippen LogP contribution in [0.15, 0.2) is 48.0 Å². The van der Waals surface area contributed by atoms with Crippen LogP contribution in [0.1, 0.15) is 56.6 Å². The average Bonchev–Trinajstić information content (AvgIpc) is 3.51. The Morgan fingerprint density at radius 3 is 2.58 bits per heavy atom. The number of nitrogens with one attached hydrogen (secondary N) is 2. The molecule has 1 amide bonds. The molecule has 1 atom stereocenters. The van der Waals surface area contributed by atoms with Crippen LogP contribution in [0.25, 0.3) is 0 Å². The van der Waals surface area contributed by atoms with Crippen LogP contribution < -0.4 is 10.6 Å². The van der Waals surface area contributed by atoms with Gasteiger partial charge in [0.25, 0.3) is 0 Å². The molecular weight excluding hydrogens is 527 g/mol. The molecule has 1 aliphatic carbocycles. The molecule has 2 aliphatic rings. The van der Waals surface area contributed by atoms with Crippen molar-refractivity contribution in [3.63, 3.8) is 0 Å². The highest BCUT2D eigenvalue weighted by molar-refractivity contribution is 14.0. The summed E-state index contributed by atoms with van der Waals surface area (Å²) in [6, 6.07) is 8.84. The number of nitrogens with zero attached hydrogens (tertiary/aromatic N) is 4. The van der Waals surface area contributed by atoms with Gasteiger partial charge in [-0.15, -0.1) is 24.0 Å². The molecule has 2 fully saturated rings. The van der Waals surface area contributed by atoms with Crippen LogP contribution in [-0.2, 0) is 17.9 Å². The maximum Gasteiger partial charge on any atom is 0.225 e. The summed E-state index contributed by atoms with van der Waals surface area (Å²) in [5, 5.41) is 6.90. The lowest BCUT2D eigenvalue weighted by molar-refractivity contribution is -0.135. The standard InChI is InChI=1S/C25H36N6O.HI/c1-2-27-25(28-16-20-8-10-21(11-9-20)17-30-15-13-26-19-30)29-23-12-14-31(18-23)24(32)22-6-4-3-5-7-22;/h8-11,13,15,19,22-23H,2-7,12,14,16-18H2,1H3,(H2,27,28,29);1H. The number of aromatic nitrogens is 2. The van der Waals surface area contributed by atoms with Crippen LogP contribution in [0, 0.1) is 5.92 Å². The van der Waals surface area contributed by atoms with Crippen molar-refractivity contribution in [3.8, 4) is 0 Å². The maximum atomic E-state index is 12.8. The van der Waals surface area contributed by atoms with Gasteiger partial charge in [0.15, 0.2) is 5.96 Å². The SMILES string of the molecule is CCNC(=NCc1ccc(Cn2ccnc2)cc1)NC1CCN(C(=O)C2CCCCC2)C1.I. The predicted molar refractivity (Wildman–Crippen MR) is 143 cm³/mol. The molecule has 7 nitrogen and oxygen atoms in total. The second kappa shape index (κ2) is 13.0.